The fourth-order valence-corrected chi connectivity index (χ4v) is 2.39. The zero-order chi connectivity index (χ0) is 10.8. The summed E-state index contributed by atoms with van der Waals surface area (Å²) < 4.78 is 2.22. The van der Waals surface area contributed by atoms with Crippen molar-refractivity contribution in [2.45, 2.75) is 20.3 Å². The van der Waals surface area contributed by atoms with Gasteiger partial charge in [-0.2, -0.15) is 11.3 Å². The molecule has 0 unspecified atom stereocenters. The van der Waals surface area contributed by atoms with E-state index in [9.17, 15) is 0 Å². The number of hydrogen-bond acceptors (Lipinski definition) is 1. The predicted octanol–water partition coefficient (Wildman–Crippen LogP) is 2.78. The lowest BCUT2D eigenvalue weighted by Gasteiger charge is -2.02. The van der Waals surface area contributed by atoms with E-state index < -0.39 is 0 Å². The van der Waals surface area contributed by atoms with Crippen molar-refractivity contribution in [2.75, 3.05) is 0 Å². The van der Waals surface area contributed by atoms with Crippen molar-refractivity contribution in [3.63, 3.8) is 0 Å². The summed E-state index contributed by atoms with van der Waals surface area (Å²) in [6.07, 6.45) is 3.23. The van der Waals surface area contributed by atoms with E-state index in [0.717, 1.165) is 6.42 Å². The van der Waals surface area contributed by atoms with E-state index in [1.165, 1.54) is 22.4 Å². The number of nitrogens with zero attached hydrogens (tertiary/aromatic N) is 1. The minimum atomic E-state index is 1.03. The van der Waals surface area contributed by atoms with E-state index in [4.69, 9.17) is 0 Å². The van der Waals surface area contributed by atoms with Crippen molar-refractivity contribution in [3.05, 3.63) is 51.5 Å². The van der Waals surface area contributed by atoms with Gasteiger partial charge in [0, 0.05) is 11.6 Å². The van der Waals surface area contributed by atoms with Gasteiger partial charge in [-0.1, -0.05) is 0 Å². The molecule has 0 aliphatic carbocycles. The fourth-order valence-electron chi connectivity index (χ4n) is 1.72. The lowest BCUT2D eigenvalue weighted by atomic mass is 10.1. The van der Waals surface area contributed by atoms with Crippen LogP contribution < -0.4 is 4.57 Å². The average Bonchev–Trinajstić information content (AvgIpc) is 2.67. The first kappa shape index (κ1) is 10.4. The molecule has 0 spiro atoms. The van der Waals surface area contributed by atoms with Crippen LogP contribution in [0.1, 0.15) is 22.4 Å². The normalized spacial score (nSPS) is 10.6. The van der Waals surface area contributed by atoms with Crippen LogP contribution in [0.15, 0.2) is 29.1 Å². The van der Waals surface area contributed by atoms with E-state index in [-0.39, 0.29) is 0 Å². The van der Waals surface area contributed by atoms with Crippen LogP contribution in [0, 0.1) is 13.8 Å². The lowest BCUT2D eigenvalue weighted by molar-refractivity contribution is -0.679. The van der Waals surface area contributed by atoms with Crippen molar-refractivity contribution < 1.29 is 4.57 Å². The van der Waals surface area contributed by atoms with Gasteiger partial charge in [-0.3, -0.25) is 0 Å². The second kappa shape index (κ2) is 4.15. The summed E-state index contributed by atoms with van der Waals surface area (Å²) in [5.74, 6) is 0. The van der Waals surface area contributed by atoms with Crippen molar-refractivity contribution in [1.29, 1.82) is 0 Å². The minimum absolute atomic E-state index is 1.03. The Hall–Kier alpha value is -1.15. The molecule has 0 atom stereocenters. The van der Waals surface area contributed by atoms with Crippen molar-refractivity contribution >= 4 is 11.3 Å². The van der Waals surface area contributed by atoms with Gasteiger partial charge in [-0.25, -0.2) is 4.57 Å². The Kier molecular flexibility index (Phi) is 2.87. The summed E-state index contributed by atoms with van der Waals surface area (Å²) in [5.41, 5.74) is 5.50. The van der Waals surface area contributed by atoms with Crippen LogP contribution in [0.2, 0.25) is 0 Å². The highest BCUT2D eigenvalue weighted by Crippen LogP contribution is 2.12. The summed E-state index contributed by atoms with van der Waals surface area (Å²) in [7, 11) is 2.12. The number of rotatable bonds is 2. The van der Waals surface area contributed by atoms with E-state index in [2.05, 4.69) is 54.6 Å². The quantitative estimate of drug-likeness (QED) is 0.682. The van der Waals surface area contributed by atoms with Crippen molar-refractivity contribution in [1.82, 2.24) is 0 Å². The molecule has 78 valence electrons. The maximum Gasteiger partial charge on any atom is 0.185 e. The van der Waals surface area contributed by atoms with Crippen LogP contribution in [-0.2, 0) is 13.5 Å². The first-order valence-electron chi connectivity index (χ1n) is 5.13. The molecule has 2 rings (SSSR count). The molecule has 0 aliphatic rings. The van der Waals surface area contributed by atoms with Gasteiger partial charge in [-0.05, 0) is 41.8 Å². The molecule has 2 heteroatoms. The van der Waals surface area contributed by atoms with E-state index in [0.29, 0.717) is 0 Å². The third-order valence-corrected chi connectivity index (χ3v) is 3.54. The molecular formula is C13H16NS+. The van der Waals surface area contributed by atoms with Crippen LogP contribution >= 0.6 is 11.3 Å². The molecule has 0 amide bonds. The molecule has 2 heterocycles. The monoisotopic (exact) mass is 218 g/mol. The summed E-state index contributed by atoms with van der Waals surface area (Å²) in [6, 6.07) is 4.48. The molecular weight excluding hydrogens is 202 g/mol. The zero-order valence-corrected chi connectivity index (χ0v) is 10.3. The van der Waals surface area contributed by atoms with Crippen LogP contribution in [0.25, 0.3) is 0 Å². The van der Waals surface area contributed by atoms with Crippen molar-refractivity contribution in [2.24, 2.45) is 7.05 Å². The summed E-state index contributed by atoms with van der Waals surface area (Å²) in [6.45, 7) is 4.33. The fraction of sp³-hybridized carbons (Fsp3) is 0.308. The SMILES string of the molecule is Cc1cc(Cc2ccsc2)[n+](C)cc1C. The van der Waals surface area contributed by atoms with E-state index >= 15 is 0 Å². The maximum absolute atomic E-state index is 2.28. The molecule has 0 fully saturated rings. The first-order valence-corrected chi connectivity index (χ1v) is 6.08. The van der Waals surface area contributed by atoms with E-state index in [1.807, 2.05) is 0 Å². The van der Waals surface area contributed by atoms with Crippen molar-refractivity contribution in [3.8, 4) is 0 Å². The van der Waals surface area contributed by atoms with Gasteiger partial charge < -0.3 is 0 Å². The van der Waals surface area contributed by atoms with Gasteiger partial charge in [0.1, 0.15) is 7.05 Å². The van der Waals surface area contributed by atoms with Crippen LogP contribution in [0.4, 0.5) is 0 Å². The number of pyridine rings is 1. The molecule has 15 heavy (non-hydrogen) atoms. The number of aryl methyl sites for hydroxylation is 3. The van der Waals surface area contributed by atoms with Gasteiger partial charge in [0.15, 0.2) is 11.9 Å². The summed E-state index contributed by atoms with van der Waals surface area (Å²) >= 11 is 1.76. The number of hydrogen-bond donors (Lipinski definition) is 0. The molecule has 2 aromatic heterocycles. The number of thiophene rings is 1. The smallest absolute Gasteiger partial charge is 0.185 e. The second-order valence-corrected chi connectivity index (χ2v) is 4.83. The Labute approximate surface area is 95.0 Å². The Bertz CT molecular complexity index is 458. The van der Waals surface area contributed by atoms with Gasteiger partial charge in [0.05, 0.1) is 6.42 Å². The minimum Gasteiger partial charge on any atom is -0.205 e. The molecule has 0 bridgehead atoms. The standard InChI is InChI=1S/C13H16NS/c1-10-6-13(14(3)8-11(10)2)7-12-4-5-15-9-12/h4-6,8-9H,7H2,1-3H3/q+1. The predicted molar refractivity (Wildman–Crippen MR) is 64.2 cm³/mol. The van der Waals surface area contributed by atoms with Gasteiger partial charge in [-0.15, -0.1) is 0 Å². The largest absolute Gasteiger partial charge is 0.205 e. The highest BCUT2D eigenvalue weighted by molar-refractivity contribution is 7.07. The van der Waals surface area contributed by atoms with Gasteiger partial charge >= 0.3 is 0 Å². The molecule has 0 aliphatic heterocycles. The second-order valence-electron chi connectivity index (χ2n) is 4.05. The zero-order valence-electron chi connectivity index (χ0n) is 9.45. The molecule has 0 radical (unpaired) electrons. The number of aromatic nitrogens is 1. The molecule has 0 saturated heterocycles. The first-order chi connectivity index (χ1) is 7.16. The summed E-state index contributed by atoms with van der Waals surface area (Å²) in [4.78, 5) is 0. The van der Waals surface area contributed by atoms with Crippen LogP contribution in [-0.4, -0.2) is 0 Å². The van der Waals surface area contributed by atoms with Crippen LogP contribution in [0.5, 0.6) is 0 Å². The average molecular weight is 218 g/mol. The van der Waals surface area contributed by atoms with Gasteiger partial charge in [0.25, 0.3) is 0 Å². The summed E-state index contributed by atoms with van der Waals surface area (Å²) in [5, 5.41) is 4.35. The molecule has 0 saturated carbocycles. The van der Waals surface area contributed by atoms with E-state index in [1.54, 1.807) is 11.3 Å². The molecule has 1 nitrogen and oxygen atoms in total. The molecule has 0 N–H and O–H groups in total. The molecule has 0 aromatic carbocycles. The third-order valence-electron chi connectivity index (χ3n) is 2.81. The third kappa shape index (κ3) is 2.26. The van der Waals surface area contributed by atoms with Crippen LogP contribution in [0.3, 0.4) is 0 Å². The van der Waals surface area contributed by atoms with Gasteiger partial charge in [0.2, 0.25) is 0 Å². The molecule has 2 aromatic rings. The topological polar surface area (TPSA) is 3.88 Å². The lowest BCUT2D eigenvalue weighted by Crippen LogP contribution is -2.34. The highest BCUT2D eigenvalue weighted by atomic mass is 32.1. The Balaban J connectivity index is 2.33. The Morgan fingerprint density at radius 1 is 1.27 bits per heavy atom. The Morgan fingerprint density at radius 3 is 2.73 bits per heavy atom. The Morgan fingerprint density at radius 2 is 2.07 bits per heavy atom. The highest BCUT2D eigenvalue weighted by Gasteiger charge is 2.09. The maximum atomic E-state index is 2.28.